The first-order chi connectivity index (χ1) is 12.0. The van der Waals surface area contributed by atoms with Gasteiger partial charge in [0.1, 0.15) is 0 Å². The molecule has 0 aromatic heterocycles. The third-order valence-corrected chi connectivity index (χ3v) is 6.04. The number of aryl methyl sites for hydroxylation is 1. The Morgan fingerprint density at radius 3 is 2.44 bits per heavy atom. The van der Waals surface area contributed by atoms with Gasteiger partial charge >= 0.3 is 6.11 Å². The Kier molecular flexibility index (Phi) is 5.65. The van der Waals surface area contributed by atoms with Gasteiger partial charge in [-0.05, 0) is 48.6 Å². The van der Waals surface area contributed by atoms with Crippen LogP contribution in [0.5, 0.6) is 5.75 Å². The molecule has 0 radical (unpaired) electrons. The number of halogens is 3. The lowest BCUT2D eigenvalue weighted by Gasteiger charge is -2.40. The Morgan fingerprint density at radius 2 is 1.80 bits per heavy atom. The van der Waals surface area contributed by atoms with Gasteiger partial charge in [-0.15, -0.1) is 0 Å². The molecular formula is C21H29F3O. The minimum absolute atomic E-state index is 0.0327. The smallest absolute Gasteiger partial charge is 0.401 e. The molecule has 4 heteroatoms. The molecule has 1 heterocycles. The van der Waals surface area contributed by atoms with Crippen LogP contribution in [0.25, 0.3) is 0 Å². The van der Waals surface area contributed by atoms with E-state index in [9.17, 15) is 13.2 Å². The molecule has 0 N–H and O–H groups in total. The molecule has 0 spiro atoms. The van der Waals surface area contributed by atoms with Gasteiger partial charge in [0.15, 0.2) is 11.6 Å². The zero-order valence-corrected chi connectivity index (χ0v) is 15.3. The molecule has 1 saturated carbocycles. The van der Waals surface area contributed by atoms with Crippen LogP contribution in [0.1, 0.15) is 69.9 Å². The number of hydrogen-bond acceptors (Lipinski definition) is 1. The molecule has 25 heavy (non-hydrogen) atoms. The molecule has 1 nitrogen and oxygen atoms in total. The van der Waals surface area contributed by atoms with E-state index < -0.39 is 17.8 Å². The van der Waals surface area contributed by atoms with Gasteiger partial charge in [0.05, 0.1) is 5.92 Å². The van der Waals surface area contributed by atoms with E-state index in [1.54, 1.807) is 12.1 Å². The Balaban J connectivity index is 1.77. The van der Waals surface area contributed by atoms with Gasteiger partial charge in [-0.1, -0.05) is 58.1 Å². The van der Waals surface area contributed by atoms with Crippen LogP contribution in [-0.4, -0.2) is 6.11 Å². The molecule has 3 rings (SSSR count). The van der Waals surface area contributed by atoms with Crippen molar-refractivity contribution in [3.63, 3.8) is 0 Å². The van der Waals surface area contributed by atoms with Crippen LogP contribution in [0.3, 0.4) is 0 Å². The molecule has 0 bridgehead atoms. The fourth-order valence-electron chi connectivity index (χ4n) is 4.67. The molecule has 1 aliphatic carbocycles. The van der Waals surface area contributed by atoms with Gasteiger partial charge in [-0.2, -0.15) is 8.78 Å². The molecule has 1 aromatic rings. The topological polar surface area (TPSA) is 9.23 Å². The summed E-state index contributed by atoms with van der Waals surface area (Å²) < 4.78 is 48.9. The monoisotopic (exact) mass is 354 g/mol. The van der Waals surface area contributed by atoms with E-state index in [-0.39, 0.29) is 18.1 Å². The summed E-state index contributed by atoms with van der Waals surface area (Å²) in [5.41, 5.74) is 1.07. The summed E-state index contributed by atoms with van der Waals surface area (Å²) in [6.45, 7) is 4.12. The summed E-state index contributed by atoms with van der Waals surface area (Å²) in [4.78, 5) is 0. The molecule has 140 valence electrons. The average molecular weight is 354 g/mol. The lowest BCUT2D eigenvalue weighted by atomic mass is 9.72. The van der Waals surface area contributed by atoms with E-state index in [1.165, 1.54) is 6.42 Å². The summed E-state index contributed by atoms with van der Waals surface area (Å²) in [7, 11) is 0. The quantitative estimate of drug-likeness (QED) is 0.584. The van der Waals surface area contributed by atoms with Crippen LogP contribution in [0.15, 0.2) is 12.1 Å². The van der Waals surface area contributed by atoms with Crippen molar-refractivity contribution >= 4 is 0 Å². The second kappa shape index (κ2) is 7.59. The normalized spacial score (nSPS) is 28.3. The first-order valence-corrected chi connectivity index (χ1v) is 9.83. The van der Waals surface area contributed by atoms with E-state index in [4.69, 9.17) is 4.74 Å². The van der Waals surface area contributed by atoms with Gasteiger partial charge in [0.2, 0.25) is 0 Å². The third-order valence-electron chi connectivity index (χ3n) is 6.04. The van der Waals surface area contributed by atoms with Gasteiger partial charge in [0, 0.05) is 0 Å². The van der Waals surface area contributed by atoms with Crippen LogP contribution in [-0.2, 0) is 12.8 Å². The largest absolute Gasteiger partial charge is 0.429 e. The second-order valence-corrected chi connectivity index (χ2v) is 7.82. The fourth-order valence-corrected chi connectivity index (χ4v) is 4.67. The standard InChI is InChI=1S/C21H29F3O/c1-3-5-14-7-9-15(10-8-14)18-13-17-12-11-16(6-4-2)19(22)20(17)25-21(18,23)24/h11-12,14-15,18H,3-10,13H2,1-2H3. The van der Waals surface area contributed by atoms with Crippen molar-refractivity contribution < 1.29 is 17.9 Å². The van der Waals surface area contributed by atoms with Crippen molar-refractivity contribution in [3.05, 3.63) is 29.1 Å². The molecule has 1 unspecified atom stereocenters. The molecule has 0 amide bonds. The number of ether oxygens (including phenoxy) is 1. The summed E-state index contributed by atoms with van der Waals surface area (Å²) in [5, 5.41) is 0. The lowest BCUT2D eigenvalue weighted by molar-refractivity contribution is -0.239. The maximum atomic E-state index is 14.7. The highest BCUT2D eigenvalue weighted by Crippen LogP contribution is 2.48. The summed E-state index contributed by atoms with van der Waals surface area (Å²) in [6.07, 6.45) is 4.33. The first-order valence-electron chi connectivity index (χ1n) is 9.83. The van der Waals surface area contributed by atoms with Crippen molar-refractivity contribution in [1.82, 2.24) is 0 Å². The predicted molar refractivity (Wildman–Crippen MR) is 93.5 cm³/mol. The molecule has 2 aliphatic rings. The maximum Gasteiger partial charge on any atom is 0.401 e. The van der Waals surface area contributed by atoms with Crippen molar-refractivity contribution in [3.8, 4) is 5.75 Å². The second-order valence-electron chi connectivity index (χ2n) is 7.82. The summed E-state index contributed by atoms with van der Waals surface area (Å²) >= 11 is 0. The number of rotatable bonds is 5. The lowest BCUT2D eigenvalue weighted by Crippen LogP contribution is -2.45. The Morgan fingerprint density at radius 1 is 1.08 bits per heavy atom. The van der Waals surface area contributed by atoms with Crippen LogP contribution < -0.4 is 4.74 Å². The van der Waals surface area contributed by atoms with Crippen LogP contribution >= 0.6 is 0 Å². The molecule has 1 aromatic carbocycles. The van der Waals surface area contributed by atoms with Crippen LogP contribution in [0.4, 0.5) is 13.2 Å². The number of alkyl halides is 2. The van der Waals surface area contributed by atoms with Crippen molar-refractivity contribution in [2.24, 2.45) is 17.8 Å². The van der Waals surface area contributed by atoms with E-state index in [0.29, 0.717) is 23.5 Å². The molecule has 1 fully saturated rings. The highest BCUT2D eigenvalue weighted by Gasteiger charge is 2.51. The van der Waals surface area contributed by atoms with Crippen LogP contribution in [0, 0.1) is 23.6 Å². The Hall–Kier alpha value is -1.19. The number of hydrogen-bond donors (Lipinski definition) is 0. The summed E-state index contributed by atoms with van der Waals surface area (Å²) in [6, 6.07) is 3.52. The Labute approximate surface area is 149 Å². The van der Waals surface area contributed by atoms with Crippen LogP contribution in [0.2, 0.25) is 0 Å². The number of benzene rings is 1. The number of fused-ring (bicyclic) bond motifs is 1. The SMILES string of the molecule is CCCc1ccc2c(c1F)OC(F)(F)C(C1CCC(CCC)CC1)C2. The highest BCUT2D eigenvalue weighted by atomic mass is 19.3. The average Bonchev–Trinajstić information content (AvgIpc) is 2.58. The molecule has 1 atom stereocenters. The summed E-state index contributed by atoms with van der Waals surface area (Å²) in [5.74, 6) is -0.995. The van der Waals surface area contributed by atoms with Crippen molar-refractivity contribution in [2.75, 3.05) is 0 Å². The van der Waals surface area contributed by atoms with E-state index >= 15 is 0 Å². The van der Waals surface area contributed by atoms with Crippen molar-refractivity contribution in [1.29, 1.82) is 0 Å². The molecule has 1 aliphatic heterocycles. The maximum absolute atomic E-state index is 14.7. The minimum atomic E-state index is -3.28. The Bertz CT molecular complexity index is 591. The van der Waals surface area contributed by atoms with Gasteiger partial charge in [-0.3, -0.25) is 0 Å². The minimum Gasteiger partial charge on any atom is -0.429 e. The first kappa shape index (κ1) is 18.6. The third kappa shape index (κ3) is 3.83. The van der Waals surface area contributed by atoms with Gasteiger partial charge in [0.25, 0.3) is 0 Å². The van der Waals surface area contributed by atoms with E-state index in [0.717, 1.165) is 38.5 Å². The molecule has 0 saturated heterocycles. The molecular weight excluding hydrogens is 325 g/mol. The van der Waals surface area contributed by atoms with Crippen molar-refractivity contribution in [2.45, 2.75) is 77.7 Å². The zero-order valence-electron chi connectivity index (χ0n) is 15.3. The van der Waals surface area contributed by atoms with E-state index in [2.05, 4.69) is 6.92 Å². The van der Waals surface area contributed by atoms with Gasteiger partial charge in [-0.25, -0.2) is 4.39 Å². The predicted octanol–water partition coefficient (Wildman–Crippen LogP) is 6.53. The zero-order chi connectivity index (χ0) is 18.0. The van der Waals surface area contributed by atoms with Gasteiger partial charge < -0.3 is 4.74 Å². The van der Waals surface area contributed by atoms with E-state index in [1.807, 2.05) is 6.92 Å². The highest BCUT2D eigenvalue weighted by molar-refractivity contribution is 5.41. The fraction of sp³-hybridized carbons (Fsp3) is 0.714.